The van der Waals surface area contributed by atoms with E-state index in [4.69, 9.17) is 11.6 Å². The Hall–Kier alpha value is -3.08. The first-order valence-corrected chi connectivity index (χ1v) is 8.36. The van der Waals surface area contributed by atoms with E-state index in [1.54, 1.807) is 0 Å². The van der Waals surface area contributed by atoms with Gasteiger partial charge in [0.2, 0.25) is 0 Å². The highest BCUT2D eigenvalue weighted by Crippen LogP contribution is 2.36. The van der Waals surface area contributed by atoms with Crippen LogP contribution in [-0.4, -0.2) is 15.7 Å². The molecule has 3 aromatic rings. The highest BCUT2D eigenvalue weighted by molar-refractivity contribution is 6.34. The van der Waals surface area contributed by atoms with Gasteiger partial charge in [0.15, 0.2) is 5.69 Å². The molecular weight excluding hydrogens is 443 g/mol. The molecule has 0 saturated heterocycles. The Balaban J connectivity index is 1.91. The standard InChI is InChI=1S/C18H9ClF7N3O/c19-11-2-1-3-12(20)15(11)16(30)27-9-4-6-10(7-5-9)29-14(18(24,25)26)8-13(28-29)17(21,22)23/h1-8H,(H,27,30). The van der Waals surface area contributed by atoms with Crippen LogP contribution >= 0.6 is 11.6 Å². The molecule has 0 unspecified atom stereocenters. The summed E-state index contributed by atoms with van der Waals surface area (Å²) in [5.74, 6) is -1.80. The molecule has 0 aliphatic carbocycles. The van der Waals surface area contributed by atoms with Crippen molar-refractivity contribution in [2.24, 2.45) is 0 Å². The number of hydrogen-bond acceptors (Lipinski definition) is 2. The zero-order valence-corrected chi connectivity index (χ0v) is 15.2. The molecule has 3 rings (SSSR count). The molecule has 0 aliphatic rings. The van der Waals surface area contributed by atoms with Crippen LogP contribution in [0.25, 0.3) is 5.69 Å². The Bertz CT molecular complexity index is 1070. The van der Waals surface area contributed by atoms with Crippen molar-refractivity contribution < 1.29 is 35.5 Å². The van der Waals surface area contributed by atoms with Crippen LogP contribution < -0.4 is 5.32 Å². The SMILES string of the molecule is O=C(Nc1ccc(-n2nc(C(F)(F)F)cc2C(F)(F)F)cc1)c1c(F)cccc1Cl. The number of nitrogens with zero attached hydrogens (tertiary/aromatic N) is 2. The molecule has 0 aliphatic heterocycles. The Morgan fingerprint density at radius 2 is 1.60 bits per heavy atom. The van der Waals surface area contributed by atoms with Gasteiger partial charge in [-0.05, 0) is 36.4 Å². The van der Waals surface area contributed by atoms with Crippen LogP contribution in [0.5, 0.6) is 0 Å². The summed E-state index contributed by atoms with van der Waals surface area (Å²) in [4.78, 5) is 12.2. The summed E-state index contributed by atoms with van der Waals surface area (Å²) in [5.41, 5.74) is -4.06. The maximum absolute atomic E-state index is 13.8. The summed E-state index contributed by atoms with van der Waals surface area (Å²) >= 11 is 5.78. The second kappa shape index (κ2) is 7.63. The van der Waals surface area contributed by atoms with Crippen LogP contribution in [0.1, 0.15) is 21.7 Å². The first-order valence-electron chi connectivity index (χ1n) is 7.98. The second-order valence-electron chi connectivity index (χ2n) is 5.92. The van der Waals surface area contributed by atoms with Crippen molar-refractivity contribution in [1.29, 1.82) is 0 Å². The first kappa shape index (κ1) is 21.6. The summed E-state index contributed by atoms with van der Waals surface area (Å²) in [6.45, 7) is 0. The van der Waals surface area contributed by atoms with Crippen LogP contribution in [0.15, 0.2) is 48.5 Å². The molecule has 1 aromatic heterocycles. The topological polar surface area (TPSA) is 46.9 Å². The average molecular weight is 452 g/mol. The number of carbonyl (C=O) groups is 1. The Morgan fingerprint density at radius 3 is 2.13 bits per heavy atom. The van der Waals surface area contributed by atoms with Gasteiger partial charge in [-0.15, -0.1) is 0 Å². The number of halogens is 8. The lowest BCUT2D eigenvalue weighted by Gasteiger charge is -2.11. The van der Waals surface area contributed by atoms with Gasteiger partial charge in [-0.25, -0.2) is 9.07 Å². The quantitative estimate of drug-likeness (QED) is 0.500. The van der Waals surface area contributed by atoms with E-state index < -0.39 is 41.0 Å². The van der Waals surface area contributed by atoms with Crippen molar-refractivity contribution in [3.05, 3.63) is 76.3 Å². The van der Waals surface area contributed by atoms with Gasteiger partial charge < -0.3 is 5.32 Å². The Kier molecular flexibility index (Phi) is 5.50. The number of benzene rings is 2. The number of amides is 1. The van der Waals surface area contributed by atoms with Gasteiger partial charge >= 0.3 is 12.4 Å². The van der Waals surface area contributed by atoms with Gasteiger partial charge in [-0.3, -0.25) is 4.79 Å². The molecule has 158 valence electrons. The number of rotatable bonds is 3. The number of anilines is 1. The minimum absolute atomic E-state index is 0.0415. The molecule has 1 amide bonds. The number of carbonyl (C=O) groups excluding carboxylic acids is 1. The molecule has 30 heavy (non-hydrogen) atoms. The normalized spacial score (nSPS) is 12.1. The smallest absolute Gasteiger partial charge is 0.322 e. The molecule has 0 saturated carbocycles. The highest BCUT2D eigenvalue weighted by atomic mass is 35.5. The van der Waals surface area contributed by atoms with Crippen LogP contribution in [0.2, 0.25) is 5.02 Å². The van der Waals surface area contributed by atoms with Crippen LogP contribution in [0.3, 0.4) is 0 Å². The van der Waals surface area contributed by atoms with Crippen molar-refractivity contribution in [2.75, 3.05) is 5.32 Å². The summed E-state index contributed by atoms with van der Waals surface area (Å²) in [7, 11) is 0. The molecule has 0 spiro atoms. The van der Waals surface area contributed by atoms with Gasteiger partial charge in [-0.1, -0.05) is 17.7 Å². The number of hydrogen-bond donors (Lipinski definition) is 1. The lowest BCUT2D eigenvalue weighted by atomic mass is 10.2. The summed E-state index contributed by atoms with van der Waals surface area (Å²) in [6.07, 6.45) is -10.2. The lowest BCUT2D eigenvalue weighted by Crippen LogP contribution is -2.15. The second-order valence-corrected chi connectivity index (χ2v) is 6.33. The molecule has 4 nitrogen and oxygen atoms in total. The summed E-state index contributed by atoms with van der Waals surface area (Å²) in [6, 6.07) is 7.77. The van der Waals surface area contributed by atoms with Crippen LogP contribution in [-0.2, 0) is 12.4 Å². The van der Waals surface area contributed by atoms with E-state index in [1.165, 1.54) is 12.1 Å². The molecule has 0 bridgehead atoms. The van der Waals surface area contributed by atoms with Gasteiger partial charge in [0.25, 0.3) is 5.91 Å². The number of nitrogens with one attached hydrogen (secondary N) is 1. The maximum Gasteiger partial charge on any atom is 0.435 e. The van der Waals surface area contributed by atoms with Crippen LogP contribution in [0.4, 0.5) is 36.4 Å². The van der Waals surface area contributed by atoms with Gasteiger partial charge in [0.05, 0.1) is 16.3 Å². The largest absolute Gasteiger partial charge is 0.435 e. The minimum atomic E-state index is -5.09. The van der Waals surface area contributed by atoms with E-state index in [0.717, 1.165) is 30.3 Å². The fourth-order valence-electron chi connectivity index (χ4n) is 2.51. The first-order chi connectivity index (χ1) is 13.9. The molecule has 1 N–H and O–H groups in total. The van der Waals surface area contributed by atoms with E-state index in [-0.39, 0.29) is 27.1 Å². The van der Waals surface area contributed by atoms with Crippen LogP contribution in [0, 0.1) is 5.82 Å². The van der Waals surface area contributed by atoms with Crippen molar-refractivity contribution >= 4 is 23.2 Å². The summed E-state index contributed by atoms with van der Waals surface area (Å²) in [5, 5.41) is 5.14. The molecule has 0 fully saturated rings. The predicted molar refractivity (Wildman–Crippen MR) is 92.9 cm³/mol. The third-order valence-electron chi connectivity index (χ3n) is 3.85. The molecule has 1 heterocycles. The minimum Gasteiger partial charge on any atom is -0.322 e. The number of aromatic nitrogens is 2. The molecule has 12 heteroatoms. The Morgan fingerprint density at radius 1 is 0.967 bits per heavy atom. The monoisotopic (exact) mass is 451 g/mol. The van der Waals surface area contributed by atoms with E-state index in [2.05, 4.69) is 10.4 Å². The summed E-state index contributed by atoms with van der Waals surface area (Å²) < 4.78 is 91.6. The maximum atomic E-state index is 13.8. The van der Waals surface area contributed by atoms with E-state index in [0.29, 0.717) is 0 Å². The zero-order valence-electron chi connectivity index (χ0n) is 14.4. The molecule has 2 aromatic carbocycles. The zero-order chi connectivity index (χ0) is 22.3. The third kappa shape index (κ3) is 4.40. The third-order valence-corrected chi connectivity index (χ3v) is 4.16. The predicted octanol–water partition coefficient (Wildman–Crippen LogP) is 5.95. The molecule has 0 radical (unpaired) electrons. The van der Waals surface area contributed by atoms with Crippen molar-refractivity contribution in [1.82, 2.24) is 9.78 Å². The Labute approximate surface area is 168 Å². The average Bonchev–Trinajstić information content (AvgIpc) is 3.08. The fraction of sp³-hybridized carbons (Fsp3) is 0.111. The van der Waals surface area contributed by atoms with Gasteiger partial charge in [0.1, 0.15) is 11.5 Å². The highest BCUT2D eigenvalue weighted by Gasteiger charge is 2.42. The van der Waals surface area contributed by atoms with Crippen molar-refractivity contribution in [3.63, 3.8) is 0 Å². The molecule has 0 atom stereocenters. The fourth-order valence-corrected chi connectivity index (χ4v) is 2.76. The number of alkyl halides is 6. The van der Waals surface area contributed by atoms with E-state index in [9.17, 15) is 35.5 Å². The van der Waals surface area contributed by atoms with E-state index in [1.807, 2.05) is 0 Å². The van der Waals surface area contributed by atoms with Gasteiger partial charge in [0, 0.05) is 11.8 Å². The molecular formula is C18H9ClF7N3O. The van der Waals surface area contributed by atoms with E-state index >= 15 is 0 Å². The van der Waals surface area contributed by atoms with Gasteiger partial charge in [-0.2, -0.15) is 31.4 Å². The van der Waals surface area contributed by atoms with Crippen molar-refractivity contribution in [2.45, 2.75) is 12.4 Å². The van der Waals surface area contributed by atoms with Crippen molar-refractivity contribution in [3.8, 4) is 5.69 Å². The lowest BCUT2D eigenvalue weighted by molar-refractivity contribution is -0.143.